The van der Waals surface area contributed by atoms with E-state index in [1.54, 1.807) is 18.3 Å². The molecule has 5 heteroatoms. The number of aromatic nitrogens is 2. The van der Waals surface area contributed by atoms with Crippen molar-refractivity contribution in [3.05, 3.63) is 72.1 Å². The van der Waals surface area contributed by atoms with Crippen LogP contribution >= 0.6 is 0 Å². The van der Waals surface area contributed by atoms with Crippen LogP contribution in [0.15, 0.2) is 65.7 Å². The van der Waals surface area contributed by atoms with Crippen LogP contribution < -0.4 is 0 Å². The van der Waals surface area contributed by atoms with Gasteiger partial charge in [-0.1, -0.05) is 35.9 Å². The zero-order chi connectivity index (χ0) is 16.9. The fraction of sp³-hybridized carbons (Fsp3) is 0.105. The zero-order valence-electron chi connectivity index (χ0n) is 13.4. The lowest BCUT2D eigenvalue weighted by molar-refractivity contribution is 0.590. The van der Waals surface area contributed by atoms with Crippen molar-refractivity contribution in [2.75, 3.05) is 0 Å². The van der Waals surface area contributed by atoms with Gasteiger partial charge < -0.3 is 0 Å². The number of nitrogens with zero attached hydrogens (tertiary/aromatic N) is 2. The van der Waals surface area contributed by atoms with Gasteiger partial charge in [-0.2, -0.15) is 0 Å². The lowest BCUT2D eigenvalue weighted by Gasteiger charge is -2.09. The van der Waals surface area contributed by atoms with Crippen LogP contribution in [0.2, 0.25) is 0 Å². The third-order valence-electron chi connectivity index (χ3n) is 4.21. The van der Waals surface area contributed by atoms with Gasteiger partial charge in [0.1, 0.15) is 0 Å². The molecule has 120 valence electrons. The molecule has 24 heavy (non-hydrogen) atoms. The first-order valence-corrected chi connectivity index (χ1v) is 9.10. The van der Waals surface area contributed by atoms with Crippen LogP contribution in [0, 0.1) is 13.8 Å². The maximum Gasteiger partial charge on any atom is 0.268 e. The van der Waals surface area contributed by atoms with Gasteiger partial charge in [0.05, 0.1) is 15.9 Å². The summed E-state index contributed by atoms with van der Waals surface area (Å²) < 4.78 is 28.0. The van der Waals surface area contributed by atoms with E-state index in [2.05, 4.69) is 4.98 Å². The number of benzene rings is 2. The minimum Gasteiger partial charge on any atom is -0.261 e. The molecule has 4 aromatic rings. The summed E-state index contributed by atoms with van der Waals surface area (Å²) in [5.74, 6) is 0. The minimum absolute atomic E-state index is 0.283. The highest BCUT2D eigenvalue weighted by Crippen LogP contribution is 2.32. The van der Waals surface area contributed by atoms with E-state index in [9.17, 15) is 8.42 Å². The molecule has 0 aliphatic heterocycles. The van der Waals surface area contributed by atoms with Gasteiger partial charge in [-0.3, -0.25) is 4.98 Å². The lowest BCUT2D eigenvalue weighted by Crippen LogP contribution is -2.12. The van der Waals surface area contributed by atoms with E-state index in [-0.39, 0.29) is 4.90 Å². The van der Waals surface area contributed by atoms with E-state index in [0.29, 0.717) is 11.0 Å². The summed E-state index contributed by atoms with van der Waals surface area (Å²) in [6.45, 7) is 3.80. The Balaban J connectivity index is 2.14. The molecule has 2 aromatic carbocycles. The second-order valence-corrected chi connectivity index (χ2v) is 7.73. The molecule has 2 heterocycles. The Hall–Kier alpha value is -2.66. The van der Waals surface area contributed by atoms with Gasteiger partial charge in [0.15, 0.2) is 0 Å². The molecule has 0 N–H and O–H groups in total. The van der Waals surface area contributed by atoms with Gasteiger partial charge in [-0.05, 0) is 38.1 Å². The van der Waals surface area contributed by atoms with Gasteiger partial charge in [0.2, 0.25) is 0 Å². The van der Waals surface area contributed by atoms with E-state index in [4.69, 9.17) is 0 Å². The van der Waals surface area contributed by atoms with Crippen LogP contribution in [0.5, 0.6) is 0 Å². The molecular formula is C19H16N2O2S. The minimum atomic E-state index is -3.69. The summed E-state index contributed by atoms with van der Waals surface area (Å²) in [7, 11) is -3.69. The molecule has 0 bridgehead atoms. The van der Waals surface area contributed by atoms with Crippen LogP contribution in [0.3, 0.4) is 0 Å². The van der Waals surface area contributed by atoms with Crippen molar-refractivity contribution in [1.29, 1.82) is 0 Å². The molecule has 4 rings (SSSR count). The monoisotopic (exact) mass is 336 g/mol. The SMILES string of the molecule is Cc1ccc(S(=O)(=O)n2c3ccccc3c3cnc(C)cc32)cc1. The largest absolute Gasteiger partial charge is 0.268 e. The lowest BCUT2D eigenvalue weighted by atomic mass is 10.2. The fourth-order valence-corrected chi connectivity index (χ4v) is 4.52. The average Bonchev–Trinajstić information content (AvgIpc) is 2.89. The number of aryl methyl sites for hydroxylation is 2. The van der Waals surface area contributed by atoms with E-state index in [0.717, 1.165) is 22.0 Å². The maximum absolute atomic E-state index is 13.3. The molecule has 0 aliphatic rings. The van der Waals surface area contributed by atoms with Crippen molar-refractivity contribution in [2.24, 2.45) is 0 Å². The second kappa shape index (κ2) is 5.18. The van der Waals surface area contributed by atoms with Crippen LogP contribution in [0.1, 0.15) is 11.3 Å². The molecule has 0 fully saturated rings. The molecule has 0 saturated carbocycles. The zero-order valence-corrected chi connectivity index (χ0v) is 14.2. The highest BCUT2D eigenvalue weighted by molar-refractivity contribution is 7.90. The smallest absolute Gasteiger partial charge is 0.261 e. The molecule has 0 amide bonds. The summed E-state index contributed by atoms with van der Waals surface area (Å²) in [5, 5.41) is 1.72. The molecule has 0 aliphatic carbocycles. The number of hydrogen-bond acceptors (Lipinski definition) is 3. The Labute approximate surface area is 140 Å². The van der Waals surface area contributed by atoms with E-state index < -0.39 is 10.0 Å². The van der Waals surface area contributed by atoms with Gasteiger partial charge in [0, 0.05) is 22.7 Å². The van der Waals surface area contributed by atoms with Crippen molar-refractivity contribution >= 4 is 31.8 Å². The number of para-hydroxylation sites is 1. The second-order valence-electron chi connectivity index (χ2n) is 5.94. The van der Waals surface area contributed by atoms with E-state index in [1.165, 1.54) is 3.97 Å². The first-order valence-electron chi connectivity index (χ1n) is 7.66. The number of hydrogen-bond donors (Lipinski definition) is 0. The summed E-state index contributed by atoms with van der Waals surface area (Å²) >= 11 is 0. The Morgan fingerprint density at radius 3 is 2.33 bits per heavy atom. The number of rotatable bonds is 2. The van der Waals surface area contributed by atoms with E-state index >= 15 is 0 Å². The summed E-state index contributed by atoms with van der Waals surface area (Å²) in [5.41, 5.74) is 3.13. The molecule has 0 unspecified atom stereocenters. The van der Waals surface area contributed by atoms with Crippen molar-refractivity contribution in [3.8, 4) is 0 Å². The Morgan fingerprint density at radius 1 is 0.875 bits per heavy atom. The molecule has 0 radical (unpaired) electrons. The first kappa shape index (κ1) is 14.9. The molecule has 2 aromatic heterocycles. The van der Waals surface area contributed by atoms with Gasteiger partial charge in [-0.25, -0.2) is 12.4 Å². The topological polar surface area (TPSA) is 52.0 Å². The molecule has 0 saturated heterocycles. The van der Waals surface area contributed by atoms with Crippen LogP contribution in [-0.2, 0) is 10.0 Å². The van der Waals surface area contributed by atoms with Crippen LogP contribution in [0.25, 0.3) is 21.8 Å². The van der Waals surface area contributed by atoms with Crippen molar-refractivity contribution in [3.63, 3.8) is 0 Å². The maximum atomic E-state index is 13.3. The standard InChI is InChI=1S/C19H16N2O2S/c1-13-7-9-15(10-8-13)24(22,23)21-18-6-4-3-5-16(18)17-12-20-14(2)11-19(17)21/h3-12H,1-2H3. The van der Waals surface area contributed by atoms with Gasteiger partial charge in [-0.15, -0.1) is 0 Å². The summed E-state index contributed by atoms with van der Waals surface area (Å²) in [4.78, 5) is 4.61. The van der Waals surface area contributed by atoms with Gasteiger partial charge >= 0.3 is 0 Å². The Bertz CT molecular complexity index is 1170. The molecule has 0 spiro atoms. The predicted molar refractivity (Wildman–Crippen MR) is 95.7 cm³/mol. The normalized spacial score (nSPS) is 12.1. The van der Waals surface area contributed by atoms with Crippen LogP contribution in [-0.4, -0.2) is 17.4 Å². The molecule has 0 atom stereocenters. The third kappa shape index (κ3) is 2.12. The third-order valence-corrected chi connectivity index (χ3v) is 5.95. The predicted octanol–water partition coefficient (Wildman–Crippen LogP) is 4.04. The highest BCUT2D eigenvalue weighted by atomic mass is 32.2. The Kier molecular flexibility index (Phi) is 3.21. The quantitative estimate of drug-likeness (QED) is 0.555. The highest BCUT2D eigenvalue weighted by Gasteiger charge is 2.23. The van der Waals surface area contributed by atoms with Crippen molar-refractivity contribution in [1.82, 2.24) is 8.96 Å². The molecular weight excluding hydrogens is 320 g/mol. The summed E-state index contributed by atoms with van der Waals surface area (Å²) in [6, 6.07) is 16.3. The van der Waals surface area contributed by atoms with Gasteiger partial charge in [0.25, 0.3) is 10.0 Å². The first-order chi connectivity index (χ1) is 11.5. The van der Waals surface area contributed by atoms with Crippen LogP contribution in [0.4, 0.5) is 0 Å². The number of pyridine rings is 1. The molecule has 4 nitrogen and oxygen atoms in total. The average molecular weight is 336 g/mol. The van der Waals surface area contributed by atoms with Crippen molar-refractivity contribution < 1.29 is 8.42 Å². The van der Waals surface area contributed by atoms with Crippen molar-refractivity contribution in [2.45, 2.75) is 18.7 Å². The fourth-order valence-electron chi connectivity index (χ4n) is 3.00. The van der Waals surface area contributed by atoms with E-state index in [1.807, 2.05) is 56.3 Å². The Morgan fingerprint density at radius 2 is 1.58 bits per heavy atom. The summed E-state index contributed by atoms with van der Waals surface area (Å²) in [6.07, 6.45) is 1.74. The number of fused-ring (bicyclic) bond motifs is 3.